The molecule has 0 spiro atoms. The van der Waals surface area contributed by atoms with E-state index in [4.69, 9.17) is 0 Å². The highest BCUT2D eigenvalue weighted by molar-refractivity contribution is 5.70. The lowest BCUT2D eigenvalue weighted by molar-refractivity contribution is 0.574. The number of benzene rings is 3. The maximum Gasteiger partial charge on any atom is 0.133 e. The van der Waals surface area contributed by atoms with Crippen molar-refractivity contribution in [3.05, 3.63) is 106 Å². The fraction of sp³-hybridized carbons (Fsp3) is 0.231. The summed E-state index contributed by atoms with van der Waals surface area (Å²) in [5.41, 5.74) is 4.21. The molecule has 0 heterocycles. The average Bonchev–Trinajstić information content (AvgIpc) is 2.69. The van der Waals surface area contributed by atoms with E-state index in [0.29, 0.717) is 17.9 Å². The van der Waals surface area contributed by atoms with Crippen molar-refractivity contribution >= 4 is 12.2 Å². The molecule has 144 valence electrons. The summed E-state index contributed by atoms with van der Waals surface area (Å²) in [7, 11) is 0. The van der Waals surface area contributed by atoms with Crippen LogP contribution in [0.5, 0.6) is 0 Å². The van der Waals surface area contributed by atoms with Crippen molar-refractivity contribution in [2.45, 2.75) is 39.0 Å². The van der Waals surface area contributed by atoms with Crippen molar-refractivity contribution in [1.82, 2.24) is 0 Å². The lowest BCUT2D eigenvalue weighted by Crippen LogP contribution is -1.98. The molecule has 28 heavy (non-hydrogen) atoms. The molecule has 0 aromatic heterocycles. The van der Waals surface area contributed by atoms with Crippen LogP contribution in [0, 0.1) is 11.6 Å². The smallest absolute Gasteiger partial charge is 0.133 e. The van der Waals surface area contributed by atoms with Crippen LogP contribution in [0.15, 0.2) is 66.7 Å². The molecule has 2 heteroatoms. The van der Waals surface area contributed by atoms with Crippen molar-refractivity contribution in [3.8, 4) is 0 Å². The Morgan fingerprint density at radius 1 is 0.821 bits per heavy atom. The standard InChI is InChI=1S/C26H26F2/c1-3-7-22-17-25(27)24(26(28)18-22)15-14-20-10-12-21(13-11-20)16-19(2)23-8-5-4-6-9-23/h4-6,8-15,17-19H,3,7,16H2,1-2H3/t19-/m1/s1. The van der Waals surface area contributed by atoms with Gasteiger partial charge in [0.1, 0.15) is 11.6 Å². The maximum atomic E-state index is 14.2. The second kappa shape index (κ2) is 9.45. The van der Waals surface area contributed by atoms with Gasteiger partial charge in [-0.2, -0.15) is 0 Å². The second-order valence-electron chi connectivity index (χ2n) is 7.31. The van der Waals surface area contributed by atoms with Crippen molar-refractivity contribution in [2.75, 3.05) is 0 Å². The van der Waals surface area contributed by atoms with Gasteiger partial charge in [-0.3, -0.25) is 0 Å². The number of hydrogen-bond donors (Lipinski definition) is 0. The van der Waals surface area contributed by atoms with Crippen LogP contribution in [0.1, 0.15) is 54.0 Å². The Balaban J connectivity index is 1.69. The van der Waals surface area contributed by atoms with Crippen molar-refractivity contribution in [3.63, 3.8) is 0 Å². The van der Waals surface area contributed by atoms with Gasteiger partial charge in [-0.15, -0.1) is 0 Å². The fourth-order valence-corrected chi connectivity index (χ4v) is 3.43. The van der Waals surface area contributed by atoms with Gasteiger partial charge in [0.25, 0.3) is 0 Å². The molecule has 0 saturated carbocycles. The molecular formula is C26H26F2. The first kappa shape index (κ1) is 20.0. The molecule has 0 unspecified atom stereocenters. The van der Waals surface area contributed by atoms with E-state index in [-0.39, 0.29) is 5.56 Å². The van der Waals surface area contributed by atoms with E-state index >= 15 is 0 Å². The van der Waals surface area contributed by atoms with E-state index in [2.05, 4.69) is 43.3 Å². The van der Waals surface area contributed by atoms with Gasteiger partial charge >= 0.3 is 0 Å². The largest absolute Gasteiger partial charge is 0.206 e. The van der Waals surface area contributed by atoms with E-state index < -0.39 is 11.6 Å². The molecule has 0 aliphatic heterocycles. The van der Waals surface area contributed by atoms with Gasteiger partial charge in [0.05, 0.1) is 0 Å². The van der Waals surface area contributed by atoms with Crippen LogP contribution in [0.25, 0.3) is 12.2 Å². The summed E-state index contributed by atoms with van der Waals surface area (Å²) in [6, 6.07) is 21.5. The number of aryl methyl sites for hydroxylation is 1. The average molecular weight is 376 g/mol. The molecule has 0 aliphatic carbocycles. The highest BCUT2D eigenvalue weighted by atomic mass is 19.1. The summed E-state index contributed by atoms with van der Waals surface area (Å²) in [5, 5.41) is 0. The molecule has 0 fully saturated rings. The fourth-order valence-electron chi connectivity index (χ4n) is 3.43. The molecule has 0 nitrogen and oxygen atoms in total. The normalized spacial score (nSPS) is 12.4. The number of hydrogen-bond acceptors (Lipinski definition) is 0. The Hall–Kier alpha value is -2.74. The lowest BCUT2D eigenvalue weighted by atomic mass is 9.93. The van der Waals surface area contributed by atoms with Gasteiger partial charge in [-0.25, -0.2) is 8.78 Å². The highest BCUT2D eigenvalue weighted by Gasteiger charge is 2.09. The van der Waals surface area contributed by atoms with Crippen molar-refractivity contribution in [2.24, 2.45) is 0 Å². The van der Waals surface area contributed by atoms with Gasteiger partial charge in [-0.05, 0) is 59.2 Å². The zero-order chi connectivity index (χ0) is 19.9. The van der Waals surface area contributed by atoms with Crippen molar-refractivity contribution < 1.29 is 8.78 Å². The van der Waals surface area contributed by atoms with Gasteiger partial charge in [0.2, 0.25) is 0 Å². The Labute approximate surface area is 166 Å². The molecule has 3 aromatic carbocycles. The predicted molar refractivity (Wildman–Crippen MR) is 114 cm³/mol. The summed E-state index contributed by atoms with van der Waals surface area (Å²) in [4.78, 5) is 0. The Kier molecular flexibility index (Phi) is 6.76. The first-order valence-electron chi connectivity index (χ1n) is 9.86. The van der Waals surface area contributed by atoms with E-state index in [9.17, 15) is 8.78 Å². The van der Waals surface area contributed by atoms with Crippen molar-refractivity contribution in [1.29, 1.82) is 0 Å². The SMILES string of the molecule is CCCc1cc(F)c(C=Cc2ccc(C[C@@H](C)c3ccccc3)cc2)c(F)c1. The molecule has 0 amide bonds. The van der Waals surface area contributed by atoms with Crippen LogP contribution in [0.3, 0.4) is 0 Å². The van der Waals surface area contributed by atoms with Crippen LogP contribution < -0.4 is 0 Å². The van der Waals surface area contributed by atoms with E-state index in [1.807, 2.05) is 25.1 Å². The molecule has 3 rings (SSSR count). The van der Waals surface area contributed by atoms with Gasteiger partial charge in [0, 0.05) is 5.56 Å². The summed E-state index contributed by atoms with van der Waals surface area (Å²) in [5.74, 6) is -0.576. The molecule has 0 N–H and O–H groups in total. The first-order chi connectivity index (χ1) is 13.6. The zero-order valence-corrected chi connectivity index (χ0v) is 16.5. The lowest BCUT2D eigenvalue weighted by Gasteiger charge is -2.12. The third-order valence-electron chi connectivity index (χ3n) is 5.01. The predicted octanol–water partition coefficient (Wildman–Crippen LogP) is 7.43. The second-order valence-corrected chi connectivity index (χ2v) is 7.31. The molecule has 0 saturated heterocycles. The van der Waals surface area contributed by atoms with Crippen LogP contribution in [-0.4, -0.2) is 0 Å². The molecule has 1 atom stereocenters. The summed E-state index contributed by atoms with van der Waals surface area (Å²) >= 11 is 0. The number of halogens is 2. The third kappa shape index (κ3) is 5.16. The maximum absolute atomic E-state index is 14.2. The van der Waals surface area contributed by atoms with Crippen LogP contribution in [-0.2, 0) is 12.8 Å². The molecular weight excluding hydrogens is 350 g/mol. The Morgan fingerprint density at radius 3 is 2.07 bits per heavy atom. The molecule has 0 radical (unpaired) electrons. The third-order valence-corrected chi connectivity index (χ3v) is 5.01. The highest BCUT2D eigenvalue weighted by Crippen LogP contribution is 2.22. The molecule has 0 aliphatic rings. The summed E-state index contributed by atoms with van der Waals surface area (Å²) in [6.45, 7) is 4.21. The topological polar surface area (TPSA) is 0 Å². The van der Waals surface area contributed by atoms with E-state index in [0.717, 1.165) is 18.4 Å². The van der Waals surface area contributed by atoms with Gasteiger partial charge < -0.3 is 0 Å². The Bertz CT molecular complexity index is 901. The molecule has 3 aromatic rings. The van der Waals surface area contributed by atoms with Crippen LogP contribution >= 0.6 is 0 Å². The minimum absolute atomic E-state index is 0.0154. The van der Waals surface area contributed by atoms with Crippen LogP contribution in [0.2, 0.25) is 0 Å². The number of rotatable bonds is 7. The Morgan fingerprint density at radius 2 is 1.46 bits per heavy atom. The monoisotopic (exact) mass is 376 g/mol. The zero-order valence-electron chi connectivity index (χ0n) is 16.5. The van der Waals surface area contributed by atoms with Gasteiger partial charge in [0.15, 0.2) is 0 Å². The van der Waals surface area contributed by atoms with Gasteiger partial charge in [-0.1, -0.05) is 80.9 Å². The minimum Gasteiger partial charge on any atom is -0.206 e. The van der Waals surface area contributed by atoms with E-state index in [1.165, 1.54) is 29.3 Å². The van der Waals surface area contributed by atoms with Crippen LogP contribution in [0.4, 0.5) is 8.78 Å². The summed E-state index contributed by atoms with van der Waals surface area (Å²) in [6.07, 6.45) is 5.77. The first-order valence-corrected chi connectivity index (χ1v) is 9.86. The summed E-state index contributed by atoms with van der Waals surface area (Å²) < 4.78 is 28.4. The molecule has 0 bridgehead atoms. The minimum atomic E-state index is -0.506. The van der Waals surface area contributed by atoms with E-state index in [1.54, 1.807) is 6.08 Å². The quantitative estimate of drug-likeness (QED) is 0.376.